The van der Waals surface area contributed by atoms with E-state index in [0.717, 1.165) is 19.4 Å². The third kappa shape index (κ3) is 2.06. The van der Waals surface area contributed by atoms with Crippen molar-refractivity contribution in [2.75, 3.05) is 6.54 Å². The Balaban J connectivity index is 1.90. The van der Waals surface area contributed by atoms with Crippen molar-refractivity contribution in [1.82, 2.24) is 25.5 Å². The van der Waals surface area contributed by atoms with Gasteiger partial charge in [-0.25, -0.2) is 4.39 Å². The van der Waals surface area contributed by atoms with Gasteiger partial charge in [-0.2, -0.15) is 4.80 Å². The molecule has 2 rings (SSSR count). The maximum atomic E-state index is 13.6. The van der Waals surface area contributed by atoms with Crippen LogP contribution in [-0.2, 0) is 13.5 Å². The molecule has 1 N–H and O–H groups in total. The van der Waals surface area contributed by atoms with Gasteiger partial charge in [-0.05, 0) is 24.6 Å². The van der Waals surface area contributed by atoms with Crippen LogP contribution in [-0.4, -0.2) is 39.0 Å². The van der Waals surface area contributed by atoms with Gasteiger partial charge >= 0.3 is 0 Å². The lowest BCUT2D eigenvalue weighted by Gasteiger charge is -2.13. The van der Waals surface area contributed by atoms with Gasteiger partial charge in [0.1, 0.15) is 6.17 Å². The molecule has 0 saturated carbocycles. The highest BCUT2D eigenvalue weighted by atomic mass is 19.1. The Labute approximate surface area is 81.7 Å². The van der Waals surface area contributed by atoms with Crippen molar-refractivity contribution in [3.8, 4) is 0 Å². The first-order valence-electron chi connectivity index (χ1n) is 4.86. The number of hydrogen-bond donors (Lipinski definition) is 1. The summed E-state index contributed by atoms with van der Waals surface area (Å²) >= 11 is 0. The first-order chi connectivity index (χ1) is 6.75. The molecule has 1 aliphatic rings. The predicted octanol–water partition coefficient (Wildman–Crippen LogP) is -0.157. The second kappa shape index (κ2) is 4.00. The highest BCUT2D eigenvalue weighted by molar-refractivity contribution is 4.89. The average Bonchev–Trinajstić information content (AvgIpc) is 2.75. The third-order valence-electron chi connectivity index (χ3n) is 2.46. The Hall–Kier alpha value is -1.04. The molecule has 1 aromatic rings. The largest absolute Gasteiger partial charge is 0.311 e. The molecule has 0 amide bonds. The number of hydrogen-bond acceptors (Lipinski definition) is 4. The number of alkyl halides is 1. The van der Waals surface area contributed by atoms with Crippen LogP contribution in [0.5, 0.6) is 0 Å². The van der Waals surface area contributed by atoms with Gasteiger partial charge < -0.3 is 5.32 Å². The molecule has 0 aromatic carbocycles. The smallest absolute Gasteiger partial charge is 0.177 e. The summed E-state index contributed by atoms with van der Waals surface area (Å²) in [4.78, 5) is 1.35. The SMILES string of the molecule is Cn1nnc(CC(F)C2CCCN2)n1. The molecule has 1 saturated heterocycles. The highest BCUT2D eigenvalue weighted by Crippen LogP contribution is 2.14. The van der Waals surface area contributed by atoms with Gasteiger partial charge in [-0.15, -0.1) is 10.2 Å². The minimum atomic E-state index is -0.901. The fraction of sp³-hybridized carbons (Fsp3) is 0.875. The maximum absolute atomic E-state index is 13.6. The van der Waals surface area contributed by atoms with Crippen molar-refractivity contribution < 1.29 is 4.39 Å². The van der Waals surface area contributed by atoms with Gasteiger partial charge in [0.25, 0.3) is 0 Å². The van der Waals surface area contributed by atoms with Gasteiger partial charge in [0.15, 0.2) is 5.82 Å². The van der Waals surface area contributed by atoms with Crippen LogP contribution in [0, 0.1) is 0 Å². The van der Waals surface area contributed by atoms with Crippen molar-refractivity contribution >= 4 is 0 Å². The number of tetrazole rings is 1. The van der Waals surface area contributed by atoms with Crippen LogP contribution in [0.4, 0.5) is 4.39 Å². The zero-order chi connectivity index (χ0) is 9.97. The molecule has 78 valence electrons. The van der Waals surface area contributed by atoms with Crippen LogP contribution in [0.3, 0.4) is 0 Å². The molecule has 0 radical (unpaired) electrons. The van der Waals surface area contributed by atoms with E-state index in [1.54, 1.807) is 7.05 Å². The summed E-state index contributed by atoms with van der Waals surface area (Å²) in [6.07, 6.45) is 1.31. The van der Waals surface area contributed by atoms with Crippen molar-refractivity contribution in [3.05, 3.63) is 5.82 Å². The second-order valence-electron chi connectivity index (χ2n) is 3.62. The summed E-state index contributed by atoms with van der Waals surface area (Å²) in [5.41, 5.74) is 0. The first-order valence-corrected chi connectivity index (χ1v) is 4.86. The summed E-state index contributed by atoms with van der Waals surface area (Å²) in [6, 6.07) is -0.0289. The Morgan fingerprint density at radius 2 is 2.57 bits per heavy atom. The van der Waals surface area contributed by atoms with Gasteiger partial charge in [-0.1, -0.05) is 0 Å². The van der Waals surface area contributed by atoms with E-state index in [9.17, 15) is 4.39 Å². The van der Waals surface area contributed by atoms with E-state index in [4.69, 9.17) is 0 Å². The lowest BCUT2D eigenvalue weighted by Crippen LogP contribution is -2.33. The predicted molar refractivity (Wildman–Crippen MR) is 48.4 cm³/mol. The zero-order valence-corrected chi connectivity index (χ0v) is 8.15. The van der Waals surface area contributed by atoms with E-state index in [1.165, 1.54) is 4.80 Å². The number of aromatic nitrogens is 4. The summed E-state index contributed by atoms with van der Waals surface area (Å²) in [6.45, 7) is 0.916. The second-order valence-corrected chi connectivity index (χ2v) is 3.62. The van der Waals surface area contributed by atoms with Crippen LogP contribution < -0.4 is 5.32 Å². The number of rotatable bonds is 3. The van der Waals surface area contributed by atoms with Gasteiger partial charge in [-0.3, -0.25) is 0 Å². The normalized spacial score (nSPS) is 24.0. The van der Waals surface area contributed by atoms with Crippen LogP contribution >= 0.6 is 0 Å². The maximum Gasteiger partial charge on any atom is 0.177 e. The van der Waals surface area contributed by atoms with E-state index in [1.807, 2.05) is 0 Å². The summed E-state index contributed by atoms with van der Waals surface area (Å²) < 4.78 is 13.6. The number of nitrogens with one attached hydrogen (secondary N) is 1. The molecule has 14 heavy (non-hydrogen) atoms. The molecule has 1 aromatic heterocycles. The molecule has 0 spiro atoms. The molecule has 0 bridgehead atoms. The van der Waals surface area contributed by atoms with Gasteiger partial charge in [0.2, 0.25) is 0 Å². The molecule has 1 fully saturated rings. The Kier molecular flexibility index (Phi) is 2.72. The molecular formula is C8H14FN5. The molecule has 6 heteroatoms. The number of nitrogens with zero attached hydrogens (tertiary/aromatic N) is 4. The molecule has 1 aliphatic heterocycles. The van der Waals surface area contributed by atoms with E-state index < -0.39 is 6.17 Å². The van der Waals surface area contributed by atoms with Crippen LogP contribution in [0.15, 0.2) is 0 Å². The first kappa shape index (κ1) is 9.51. The van der Waals surface area contributed by atoms with E-state index >= 15 is 0 Å². The van der Waals surface area contributed by atoms with Crippen molar-refractivity contribution in [2.45, 2.75) is 31.5 Å². The average molecular weight is 199 g/mol. The summed E-state index contributed by atoms with van der Waals surface area (Å²) in [5, 5.41) is 14.5. The Bertz CT molecular complexity index is 294. The molecule has 2 unspecified atom stereocenters. The van der Waals surface area contributed by atoms with Crippen molar-refractivity contribution in [2.24, 2.45) is 7.05 Å². The van der Waals surface area contributed by atoms with Crippen molar-refractivity contribution in [3.63, 3.8) is 0 Å². The number of halogens is 1. The van der Waals surface area contributed by atoms with E-state index in [-0.39, 0.29) is 12.5 Å². The molecular weight excluding hydrogens is 185 g/mol. The van der Waals surface area contributed by atoms with Crippen molar-refractivity contribution in [1.29, 1.82) is 0 Å². The summed E-state index contributed by atoms with van der Waals surface area (Å²) in [5.74, 6) is 0.480. The minimum absolute atomic E-state index is 0.0289. The topological polar surface area (TPSA) is 55.6 Å². The fourth-order valence-electron chi connectivity index (χ4n) is 1.74. The minimum Gasteiger partial charge on any atom is -0.311 e. The van der Waals surface area contributed by atoms with Gasteiger partial charge in [0, 0.05) is 12.5 Å². The summed E-state index contributed by atoms with van der Waals surface area (Å²) in [7, 11) is 1.68. The Morgan fingerprint density at radius 3 is 3.14 bits per heavy atom. The van der Waals surface area contributed by atoms with Crippen LogP contribution in [0.25, 0.3) is 0 Å². The molecule has 0 aliphatic carbocycles. The number of aryl methyl sites for hydroxylation is 1. The molecule has 2 heterocycles. The highest BCUT2D eigenvalue weighted by Gasteiger charge is 2.25. The standard InChI is InChI=1S/C8H14FN5/c1-14-12-8(11-13-14)5-6(9)7-3-2-4-10-7/h6-7,10H,2-5H2,1H3. The lowest BCUT2D eigenvalue weighted by atomic mass is 10.1. The van der Waals surface area contributed by atoms with E-state index in [0.29, 0.717) is 5.82 Å². The Morgan fingerprint density at radius 1 is 1.71 bits per heavy atom. The van der Waals surface area contributed by atoms with Crippen LogP contribution in [0.1, 0.15) is 18.7 Å². The third-order valence-corrected chi connectivity index (χ3v) is 2.46. The molecule has 5 nitrogen and oxygen atoms in total. The van der Waals surface area contributed by atoms with E-state index in [2.05, 4.69) is 20.7 Å². The zero-order valence-electron chi connectivity index (χ0n) is 8.15. The monoisotopic (exact) mass is 199 g/mol. The fourth-order valence-corrected chi connectivity index (χ4v) is 1.74. The van der Waals surface area contributed by atoms with Gasteiger partial charge in [0.05, 0.1) is 7.05 Å². The quantitative estimate of drug-likeness (QED) is 0.735. The molecule has 2 atom stereocenters. The van der Waals surface area contributed by atoms with Crippen LogP contribution in [0.2, 0.25) is 0 Å². The lowest BCUT2D eigenvalue weighted by molar-refractivity contribution is 0.260.